The molecule has 2 N–H and O–H groups in total. The summed E-state index contributed by atoms with van der Waals surface area (Å²) in [7, 11) is 0. The van der Waals surface area contributed by atoms with Gasteiger partial charge in [0.15, 0.2) is 5.78 Å². The molecule has 0 saturated carbocycles. The second-order valence-corrected chi connectivity index (χ2v) is 10.1. The van der Waals surface area contributed by atoms with E-state index in [-0.39, 0.29) is 43.6 Å². The molecule has 0 radical (unpaired) electrons. The maximum Gasteiger partial charge on any atom is 0.450 e. The zero-order valence-corrected chi connectivity index (χ0v) is 22.0. The van der Waals surface area contributed by atoms with E-state index in [1.165, 1.54) is 4.90 Å². The van der Waals surface area contributed by atoms with E-state index in [2.05, 4.69) is 0 Å². The van der Waals surface area contributed by atoms with Crippen LogP contribution in [0.3, 0.4) is 0 Å². The molecule has 0 aliphatic carbocycles. The average molecular weight is 559 g/mol. The largest absolute Gasteiger partial charge is 0.450 e. The lowest BCUT2D eigenvalue weighted by Crippen LogP contribution is -2.48. The molecule has 0 saturated heterocycles. The molecule has 1 atom stereocenters. The molecule has 2 amide bonds. The van der Waals surface area contributed by atoms with Crippen LogP contribution in [0.2, 0.25) is 0 Å². The number of nitrogens with two attached hydrogens (primary N) is 1. The highest BCUT2D eigenvalue weighted by Gasteiger charge is 2.37. The molecule has 3 aromatic rings. The van der Waals surface area contributed by atoms with Crippen LogP contribution >= 0.6 is 11.8 Å². The van der Waals surface area contributed by atoms with Crippen LogP contribution in [0, 0.1) is 0 Å². The first-order valence-electron chi connectivity index (χ1n) is 12.4. The number of ketones is 2. The molecule has 0 aliphatic heterocycles. The molecule has 0 spiro atoms. The van der Waals surface area contributed by atoms with Crippen molar-refractivity contribution < 1.29 is 32.3 Å². The average Bonchev–Trinajstić information content (AvgIpc) is 2.91. The molecule has 3 aromatic carbocycles. The van der Waals surface area contributed by atoms with E-state index in [0.717, 1.165) is 22.5 Å². The van der Waals surface area contributed by atoms with Crippen LogP contribution in [-0.4, -0.2) is 47.1 Å². The molecule has 206 valence electrons. The van der Waals surface area contributed by atoms with Crippen molar-refractivity contribution in [2.75, 3.05) is 16.4 Å². The van der Waals surface area contributed by atoms with Crippen molar-refractivity contribution in [3.05, 3.63) is 78.4 Å². The number of hydrogen-bond acceptors (Lipinski definition) is 5. The van der Waals surface area contributed by atoms with Crippen LogP contribution in [0.25, 0.3) is 10.8 Å². The number of primary amides is 1. The van der Waals surface area contributed by atoms with Crippen molar-refractivity contribution in [3.8, 4) is 0 Å². The Labute approximate surface area is 228 Å². The number of nitrogens with zero attached hydrogens (tertiary/aromatic N) is 1. The van der Waals surface area contributed by atoms with Gasteiger partial charge in [-0.15, -0.1) is 0 Å². The first kappa shape index (κ1) is 29.9. The van der Waals surface area contributed by atoms with Crippen LogP contribution in [0.4, 0.5) is 18.9 Å². The molecule has 0 aromatic heterocycles. The SMILES string of the molecule is NC(=O)[C@H](CCCSCC(=O)C(F)(F)F)N(C(=O)CCCC(=O)c1ccccc1)c1ccc2ccccc2c1. The number of Topliss-reactive ketones (excluding diaryl/α,β-unsaturated/α-hetero) is 2. The van der Waals surface area contributed by atoms with Gasteiger partial charge < -0.3 is 5.73 Å². The molecule has 0 unspecified atom stereocenters. The maximum atomic E-state index is 13.5. The van der Waals surface area contributed by atoms with Gasteiger partial charge in [-0.25, -0.2) is 0 Å². The van der Waals surface area contributed by atoms with Gasteiger partial charge in [-0.05, 0) is 47.9 Å². The number of alkyl halides is 3. The minimum atomic E-state index is -4.88. The number of carbonyl (C=O) groups excluding carboxylic acids is 4. The summed E-state index contributed by atoms with van der Waals surface area (Å²) in [5.74, 6) is -3.61. The number of fused-ring (bicyclic) bond motifs is 1. The first-order chi connectivity index (χ1) is 18.6. The summed E-state index contributed by atoms with van der Waals surface area (Å²) in [6.07, 6.45) is -4.13. The van der Waals surface area contributed by atoms with E-state index >= 15 is 0 Å². The lowest BCUT2D eigenvalue weighted by Gasteiger charge is -2.30. The molecule has 0 aliphatic rings. The van der Waals surface area contributed by atoms with E-state index in [9.17, 15) is 32.3 Å². The Morgan fingerprint density at radius 2 is 1.51 bits per heavy atom. The van der Waals surface area contributed by atoms with Gasteiger partial charge in [0.25, 0.3) is 0 Å². The Morgan fingerprint density at radius 3 is 2.18 bits per heavy atom. The zero-order valence-electron chi connectivity index (χ0n) is 21.2. The minimum absolute atomic E-state index is 0.00991. The summed E-state index contributed by atoms with van der Waals surface area (Å²) in [6.45, 7) is 0. The van der Waals surface area contributed by atoms with Gasteiger partial charge in [-0.2, -0.15) is 24.9 Å². The van der Waals surface area contributed by atoms with Crippen LogP contribution in [0.1, 0.15) is 42.5 Å². The van der Waals surface area contributed by atoms with Crippen molar-refractivity contribution in [3.63, 3.8) is 0 Å². The van der Waals surface area contributed by atoms with Gasteiger partial charge in [0, 0.05) is 24.1 Å². The van der Waals surface area contributed by atoms with Crippen molar-refractivity contribution >= 4 is 51.6 Å². The smallest absolute Gasteiger partial charge is 0.368 e. The van der Waals surface area contributed by atoms with E-state index in [1.807, 2.05) is 30.3 Å². The number of anilines is 1. The van der Waals surface area contributed by atoms with Crippen molar-refractivity contribution in [2.24, 2.45) is 5.73 Å². The second kappa shape index (κ2) is 13.9. The summed E-state index contributed by atoms with van der Waals surface area (Å²) < 4.78 is 37.3. The van der Waals surface area contributed by atoms with Crippen LogP contribution in [0.15, 0.2) is 72.8 Å². The highest BCUT2D eigenvalue weighted by Crippen LogP contribution is 2.27. The predicted molar refractivity (Wildman–Crippen MR) is 147 cm³/mol. The minimum Gasteiger partial charge on any atom is -0.368 e. The Balaban J connectivity index is 1.73. The monoisotopic (exact) mass is 558 g/mol. The Morgan fingerprint density at radius 1 is 0.846 bits per heavy atom. The third kappa shape index (κ3) is 8.68. The normalized spacial score (nSPS) is 12.2. The summed E-state index contributed by atoms with van der Waals surface area (Å²) >= 11 is 0.812. The fourth-order valence-corrected chi connectivity index (χ4v) is 5.00. The number of benzene rings is 3. The fourth-order valence-electron chi connectivity index (χ4n) is 4.14. The first-order valence-corrected chi connectivity index (χ1v) is 13.6. The number of rotatable bonds is 14. The number of halogens is 3. The summed E-state index contributed by atoms with van der Waals surface area (Å²) in [5.41, 5.74) is 6.71. The fraction of sp³-hybridized carbons (Fsp3) is 0.310. The van der Waals surface area contributed by atoms with Gasteiger partial charge in [0.2, 0.25) is 17.6 Å². The zero-order chi connectivity index (χ0) is 28.4. The van der Waals surface area contributed by atoms with Crippen molar-refractivity contribution in [2.45, 2.75) is 44.3 Å². The van der Waals surface area contributed by atoms with Gasteiger partial charge in [0.05, 0.1) is 5.75 Å². The standard InChI is InChI=1S/C29H29F3N2O4S/c30-29(31,32)26(36)19-39-17-7-12-24(28(33)38)34(23-16-15-20-8-4-5-11-22(20)18-23)27(37)14-6-13-25(35)21-9-2-1-3-10-21/h1-5,8-11,15-16,18,24H,6-7,12-14,17,19H2,(H2,33,38)/t24-/m0/s1. The highest BCUT2D eigenvalue weighted by molar-refractivity contribution is 7.99. The summed E-state index contributed by atoms with van der Waals surface area (Å²) in [5, 5.41) is 1.78. The summed E-state index contributed by atoms with van der Waals surface area (Å²) in [4.78, 5) is 50.9. The van der Waals surface area contributed by atoms with E-state index in [0.29, 0.717) is 11.3 Å². The Kier molecular flexibility index (Phi) is 10.7. The number of thioether (sulfide) groups is 1. The van der Waals surface area contributed by atoms with Crippen molar-refractivity contribution in [1.29, 1.82) is 0 Å². The molecule has 39 heavy (non-hydrogen) atoms. The number of amides is 2. The highest BCUT2D eigenvalue weighted by atomic mass is 32.2. The van der Waals surface area contributed by atoms with E-state index in [4.69, 9.17) is 5.73 Å². The Bertz CT molecular complexity index is 1310. The van der Waals surface area contributed by atoms with Gasteiger partial charge >= 0.3 is 6.18 Å². The van der Waals surface area contributed by atoms with E-state index in [1.54, 1.807) is 42.5 Å². The summed E-state index contributed by atoms with van der Waals surface area (Å²) in [6, 6.07) is 20.5. The topological polar surface area (TPSA) is 97.5 Å². The molecule has 0 bridgehead atoms. The third-order valence-electron chi connectivity index (χ3n) is 6.13. The molecule has 0 heterocycles. The molecular weight excluding hydrogens is 529 g/mol. The van der Waals surface area contributed by atoms with Crippen molar-refractivity contribution in [1.82, 2.24) is 0 Å². The van der Waals surface area contributed by atoms with Crippen LogP contribution < -0.4 is 10.6 Å². The predicted octanol–water partition coefficient (Wildman–Crippen LogP) is 5.72. The molecule has 6 nitrogen and oxygen atoms in total. The quantitative estimate of drug-likeness (QED) is 0.202. The number of carbonyl (C=O) groups is 4. The van der Waals surface area contributed by atoms with Crippen LogP contribution in [-0.2, 0) is 14.4 Å². The van der Waals surface area contributed by atoms with Gasteiger partial charge in [-0.3, -0.25) is 24.1 Å². The van der Waals surface area contributed by atoms with Gasteiger partial charge in [0.1, 0.15) is 6.04 Å². The lowest BCUT2D eigenvalue weighted by molar-refractivity contribution is -0.167. The van der Waals surface area contributed by atoms with E-state index < -0.39 is 35.6 Å². The maximum absolute atomic E-state index is 13.5. The molecule has 3 rings (SSSR count). The molecular formula is C29H29F3N2O4S. The lowest BCUT2D eigenvalue weighted by atomic mass is 10.0. The Hall–Kier alpha value is -3.66. The number of hydrogen-bond donors (Lipinski definition) is 1. The van der Waals surface area contributed by atoms with Crippen LogP contribution in [0.5, 0.6) is 0 Å². The molecule has 0 fully saturated rings. The molecule has 10 heteroatoms. The van der Waals surface area contributed by atoms with Gasteiger partial charge in [-0.1, -0.05) is 60.7 Å². The third-order valence-corrected chi connectivity index (χ3v) is 7.17. The second-order valence-electron chi connectivity index (χ2n) is 8.97.